The predicted molar refractivity (Wildman–Crippen MR) is 117 cm³/mol. The fraction of sp³-hybridized carbons (Fsp3) is 0.565. The molecule has 1 saturated carbocycles. The van der Waals surface area contributed by atoms with Gasteiger partial charge in [-0.3, -0.25) is 4.79 Å². The molecule has 8 nitrogen and oxygen atoms in total. The van der Waals surface area contributed by atoms with Gasteiger partial charge in [0.1, 0.15) is 6.54 Å². The standard InChI is InChI=1S/C23H30N4O4/c1-2-31-20(28)16-26-23(30)27(22(29)25-14-8-9-15-25)19-13-7-6-12-18(19)21(24-26)17-10-4-3-5-11-17/h6-7,12-13,17H,2-5,8-11,14-16H2,1H3. The van der Waals surface area contributed by atoms with Crippen molar-refractivity contribution >= 4 is 29.4 Å². The molecule has 1 saturated heterocycles. The third kappa shape index (κ3) is 4.43. The van der Waals surface area contributed by atoms with Crippen LogP contribution in [-0.4, -0.2) is 59.9 Å². The number of hydrogen-bond acceptors (Lipinski definition) is 5. The van der Waals surface area contributed by atoms with Crippen molar-refractivity contribution < 1.29 is 19.1 Å². The van der Waals surface area contributed by atoms with Crippen LogP contribution in [0.15, 0.2) is 29.4 Å². The Morgan fingerprint density at radius 2 is 1.77 bits per heavy atom. The normalized spacial score (nSPS) is 19.7. The van der Waals surface area contributed by atoms with Gasteiger partial charge in [-0.1, -0.05) is 37.5 Å². The van der Waals surface area contributed by atoms with Gasteiger partial charge in [0.2, 0.25) is 0 Å². The summed E-state index contributed by atoms with van der Waals surface area (Å²) < 4.78 is 5.07. The third-order valence-electron chi connectivity index (χ3n) is 6.21. The van der Waals surface area contributed by atoms with E-state index in [0.29, 0.717) is 18.8 Å². The Balaban J connectivity index is 1.78. The van der Waals surface area contributed by atoms with E-state index in [-0.39, 0.29) is 25.1 Å². The van der Waals surface area contributed by atoms with Gasteiger partial charge in [0.05, 0.1) is 18.0 Å². The first-order valence-corrected chi connectivity index (χ1v) is 11.3. The smallest absolute Gasteiger partial charge is 0.353 e. The molecule has 4 rings (SSSR count). The fourth-order valence-corrected chi connectivity index (χ4v) is 4.67. The van der Waals surface area contributed by atoms with Crippen LogP contribution in [0.3, 0.4) is 0 Å². The molecule has 1 aromatic rings. The Bertz CT molecular complexity index is 872. The van der Waals surface area contributed by atoms with Gasteiger partial charge in [-0.05, 0) is 38.7 Å². The molecule has 0 atom stereocenters. The molecular weight excluding hydrogens is 396 g/mol. The summed E-state index contributed by atoms with van der Waals surface area (Å²) in [6.45, 7) is 2.87. The number of likely N-dealkylation sites (tertiary alicyclic amines) is 1. The molecule has 0 radical (unpaired) electrons. The molecule has 31 heavy (non-hydrogen) atoms. The summed E-state index contributed by atoms with van der Waals surface area (Å²) in [5, 5.41) is 5.81. The summed E-state index contributed by atoms with van der Waals surface area (Å²) in [4.78, 5) is 42.1. The van der Waals surface area contributed by atoms with E-state index in [1.54, 1.807) is 17.9 Å². The molecule has 1 aromatic carbocycles. The number of carbonyl (C=O) groups excluding carboxylic acids is 3. The number of imide groups is 1. The van der Waals surface area contributed by atoms with Crippen molar-refractivity contribution in [2.75, 3.05) is 31.1 Å². The number of para-hydroxylation sites is 1. The zero-order valence-corrected chi connectivity index (χ0v) is 18.1. The Hall–Kier alpha value is -2.90. The second kappa shape index (κ2) is 9.49. The Kier molecular flexibility index (Phi) is 6.53. The maximum atomic E-state index is 13.6. The lowest BCUT2D eigenvalue weighted by molar-refractivity contribution is -0.143. The van der Waals surface area contributed by atoms with Crippen molar-refractivity contribution in [3.05, 3.63) is 29.8 Å². The molecule has 2 heterocycles. The molecule has 8 heteroatoms. The van der Waals surface area contributed by atoms with E-state index in [1.807, 2.05) is 18.2 Å². The number of fused-ring (bicyclic) bond motifs is 1. The highest BCUT2D eigenvalue weighted by Crippen LogP contribution is 2.34. The van der Waals surface area contributed by atoms with Gasteiger partial charge in [-0.25, -0.2) is 19.5 Å². The van der Waals surface area contributed by atoms with Gasteiger partial charge in [0, 0.05) is 24.6 Å². The number of nitrogens with zero attached hydrogens (tertiary/aromatic N) is 4. The number of anilines is 1. The van der Waals surface area contributed by atoms with Crippen molar-refractivity contribution in [1.82, 2.24) is 9.91 Å². The second-order valence-corrected chi connectivity index (χ2v) is 8.29. The number of urea groups is 2. The molecule has 0 unspecified atom stereocenters. The van der Waals surface area contributed by atoms with E-state index in [2.05, 4.69) is 0 Å². The average Bonchev–Trinajstić information content (AvgIpc) is 3.29. The molecule has 166 valence electrons. The number of ether oxygens (including phenoxy) is 1. The van der Waals surface area contributed by atoms with Gasteiger partial charge in [0.25, 0.3) is 0 Å². The number of benzene rings is 1. The number of esters is 1. The van der Waals surface area contributed by atoms with Crippen molar-refractivity contribution in [2.45, 2.75) is 51.9 Å². The summed E-state index contributed by atoms with van der Waals surface area (Å²) in [7, 11) is 0. The number of carbonyl (C=O) groups is 3. The van der Waals surface area contributed by atoms with Crippen LogP contribution in [0, 0.1) is 5.92 Å². The highest BCUT2D eigenvalue weighted by molar-refractivity contribution is 6.20. The quantitative estimate of drug-likeness (QED) is 0.682. The summed E-state index contributed by atoms with van der Waals surface area (Å²) in [6, 6.07) is 6.49. The molecule has 4 amide bonds. The molecule has 3 aliphatic rings. The van der Waals surface area contributed by atoms with Crippen LogP contribution in [0.5, 0.6) is 0 Å². The maximum absolute atomic E-state index is 13.6. The SMILES string of the molecule is CCOC(=O)CN1N=C(C2CCCCC2)c2ccccc2N(C(=O)N2CCCC2)C1=O. The molecule has 2 fully saturated rings. The van der Waals surface area contributed by atoms with Crippen molar-refractivity contribution in [3.63, 3.8) is 0 Å². The van der Waals surface area contributed by atoms with Crippen LogP contribution in [0.4, 0.5) is 15.3 Å². The number of hydrogen-bond donors (Lipinski definition) is 0. The number of hydrazone groups is 1. The summed E-state index contributed by atoms with van der Waals surface area (Å²) in [5.74, 6) is -0.351. The van der Waals surface area contributed by atoms with E-state index in [4.69, 9.17) is 9.84 Å². The molecule has 1 aliphatic carbocycles. The van der Waals surface area contributed by atoms with Gasteiger partial charge >= 0.3 is 18.0 Å². The topological polar surface area (TPSA) is 82.5 Å². The zero-order valence-electron chi connectivity index (χ0n) is 18.1. The summed E-state index contributed by atoms with van der Waals surface area (Å²) >= 11 is 0. The molecule has 0 spiro atoms. The largest absolute Gasteiger partial charge is 0.465 e. The lowest BCUT2D eigenvalue weighted by atomic mass is 9.83. The minimum atomic E-state index is -0.608. The van der Waals surface area contributed by atoms with Crippen molar-refractivity contribution in [3.8, 4) is 0 Å². The lowest BCUT2D eigenvalue weighted by Gasteiger charge is -2.28. The lowest BCUT2D eigenvalue weighted by Crippen LogP contribution is -2.50. The van der Waals surface area contributed by atoms with E-state index < -0.39 is 12.0 Å². The van der Waals surface area contributed by atoms with Crippen LogP contribution in [0.2, 0.25) is 0 Å². The molecular formula is C23H30N4O4. The predicted octanol–water partition coefficient (Wildman–Crippen LogP) is 3.99. The minimum absolute atomic E-state index is 0.189. The Morgan fingerprint density at radius 1 is 1.06 bits per heavy atom. The highest BCUT2D eigenvalue weighted by atomic mass is 16.5. The molecule has 0 aromatic heterocycles. The molecule has 0 bridgehead atoms. The van der Waals surface area contributed by atoms with Crippen LogP contribution in [0.25, 0.3) is 0 Å². The van der Waals surface area contributed by atoms with Crippen molar-refractivity contribution in [2.24, 2.45) is 11.0 Å². The van der Waals surface area contributed by atoms with E-state index in [1.165, 1.54) is 11.3 Å². The maximum Gasteiger partial charge on any atom is 0.353 e. The third-order valence-corrected chi connectivity index (χ3v) is 6.21. The molecule has 2 aliphatic heterocycles. The fourth-order valence-electron chi connectivity index (χ4n) is 4.67. The summed E-state index contributed by atoms with van der Waals surface area (Å²) in [6.07, 6.45) is 7.21. The Morgan fingerprint density at radius 3 is 2.48 bits per heavy atom. The van der Waals surface area contributed by atoms with Gasteiger partial charge in [0.15, 0.2) is 0 Å². The monoisotopic (exact) mass is 426 g/mol. The van der Waals surface area contributed by atoms with Crippen LogP contribution in [-0.2, 0) is 9.53 Å². The van der Waals surface area contributed by atoms with Gasteiger partial charge in [-0.15, -0.1) is 0 Å². The average molecular weight is 427 g/mol. The minimum Gasteiger partial charge on any atom is -0.465 e. The highest BCUT2D eigenvalue weighted by Gasteiger charge is 2.39. The zero-order chi connectivity index (χ0) is 21.8. The van der Waals surface area contributed by atoms with Crippen LogP contribution < -0.4 is 4.90 Å². The van der Waals surface area contributed by atoms with Gasteiger partial charge in [-0.2, -0.15) is 5.10 Å². The second-order valence-electron chi connectivity index (χ2n) is 8.29. The Labute approximate surface area is 182 Å². The first-order valence-electron chi connectivity index (χ1n) is 11.3. The van der Waals surface area contributed by atoms with Crippen LogP contribution in [0.1, 0.15) is 57.4 Å². The first kappa shape index (κ1) is 21.3. The number of rotatable bonds is 4. The first-order chi connectivity index (χ1) is 15.1. The van der Waals surface area contributed by atoms with E-state index >= 15 is 0 Å². The van der Waals surface area contributed by atoms with Crippen LogP contribution >= 0.6 is 0 Å². The van der Waals surface area contributed by atoms with E-state index in [0.717, 1.165) is 54.8 Å². The summed E-state index contributed by atoms with van der Waals surface area (Å²) in [5.41, 5.74) is 2.12. The van der Waals surface area contributed by atoms with E-state index in [9.17, 15) is 14.4 Å². The number of amides is 4. The van der Waals surface area contributed by atoms with Crippen molar-refractivity contribution in [1.29, 1.82) is 0 Å². The molecule has 0 N–H and O–H groups in total. The van der Waals surface area contributed by atoms with Gasteiger partial charge < -0.3 is 9.64 Å².